The van der Waals surface area contributed by atoms with Crippen LogP contribution in [0.1, 0.15) is 12.5 Å². The third kappa shape index (κ3) is 6.25. The summed E-state index contributed by atoms with van der Waals surface area (Å²) in [5, 5.41) is 20.6. The molecule has 0 amide bonds. The standard InChI is InChI=1S/C29H36F2N8O2S/c1-21(29(40,18-39-20-32-19-34-39)24-4-2-22(30)16-25(24)31)37-8-10-38(11-9-37)28-35-26-5-3-23(17-27(26)42-28)33-6-7-36-12-14-41-15-13-36/h2-5,16-17,19-21,33,40H,6-15,18H2,1H3/t21-,29-/m1/s1. The smallest absolute Gasteiger partial charge is 0.186 e. The summed E-state index contributed by atoms with van der Waals surface area (Å²) >= 11 is 1.67. The Morgan fingerprint density at radius 3 is 2.62 bits per heavy atom. The number of nitrogens with one attached hydrogen (secondary N) is 1. The van der Waals surface area contributed by atoms with Crippen molar-refractivity contribution in [1.82, 2.24) is 29.5 Å². The van der Waals surface area contributed by atoms with Crippen molar-refractivity contribution < 1.29 is 18.6 Å². The number of rotatable bonds is 10. The van der Waals surface area contributed by atoms with Gasteiger partial charge in [-0.1, -0.05) is 17.4 Å². The van der Waals surface area contributed by atoms with Crippen LogP contribution in [-0.2, 0) is 16.9 Å². The summed E-state index contributed by atoms with van der Waals surface area (Å²) in [6, 6.07) is 9.13. The van der Waals surface area contributed by atoms with E-state index in [0.29, 0.717) is 26.2 Å². The fourth-order valence-corrected chi connectivity index (χ4v) is 6.84. The summed E-state index contributed by atoms with van der Waals surface area (Å²) < 4.78 is 36.7. The van der Waals surface area contributed by atoms with E-state index in [2.05, 4.69) is 48.3 Å². The first kappa shape index (κ1) is 28.9. The van der Waals surface area contributed by atoms with E-state index in [0.717, 1.165) is 66.5 Å². The third-order valence-electron chi connectivity index (χ3n) is 8.33. The van der Waals surface area contributed by atoms with Gasteiger partial charge < -0.3 is 20.1 Å². The number of fused-ring (bicyclic) bond motifs is 1. The van der Waals surface area contributed by atoms with Crippen LogP contribution >= 0.6 is 11.3 Å². The van der Waals surface area contributed by atoms with E-state index in [1.807, 2.05) is 6.92 Å². The Labute approximate surface area is 247 Å². The maximum Gasteiger partial charge on any atom is 0.186 e. The lowest BCUT2D eigenvalue weighted by Crippen LogP contribution is -2.57. The number of benzene rings is 2. The van der Waals surface area contributed by atoms with E-state index in [1.54, 1.807) is 11.3 Å². The Kier molecular flexibility index (Phi) is 8.63. The van der Waals surface area contributed by atoms with E-state index in [9.17, 15) is 13.9 Å². The van der Waals surface area contributed by atoms with Crippen LogP contribution in [0.4, 0.5) is 19.6 Å². The molecule has 0 saturated carbocycles. The maximum atomic E-state index is 15.0. The van der Waals surface area contributed by atoms with Gasteiger partial charge in [0.15, 0.2) is 5.13 Å². The van der Waals surface area contributed by atoms with Gasteiger partial charge in [-0.25, -0.2) is 23.4 Å². The van der Waals surface area contributed by atoms with Crippen molar-refractivity contribution in [2.75, 3.05) is 75.8 Å². The molecule has 0 spiro atoms. The van der Waals surface area contributed by atoms with E-state index >= 15 is 0 Å². The van der Waals surface area contributed by atoms with E-state index in [1.165, 1.54) is 29.5 Å². The van der Waals surface area contributed by atoms with Crippen LogP contribution in [0.2, 0.25) is 0 Å². The quantitative estimate of drug-likeness (QED) is 0.286. The number of aliphatic hydroxyl groups is 1. The van der Waals surface area contributed by atoms with Gasteiger partial charge in [-0.2, -0.15) is 5.10 Å². The molecule has 224 valence electrons. The Balaban J connectivity index is 1.11. The summed E-state index contributed by atoms with van der Waals surface area (Å²) in [7, 11) is 0. The van der Waals surface area contributed by atoms with E-state index in [4.69, 9.17) is 9.72 Å². The van der Waals surface area contributed by atoms with Crippen LogP contribution in [0.15, 0.2) is 49.1 Å². The maximum absolute atomic E-state index is 15.0. The highest BCUT2D eigenvalue weighted by Gasteiger charge is 2.42. The zero-order chi connectivity index (χ0) is 29.1. The van der Waals surface area contributed by atoms with Crippen molar-refractivity contribution >= 4 is 32.4 Å². The number of piperazine rings is 1. The Hall–Kier alpha value is -3.23. The van der Waals surface area contributed by atoms with E-state index < -0.39 is 23.3 Å². The Morgan fingerprint density at radius 1 is 1.07 bits per heavy atom. The highest BCUT2D eigenvalue weighted by molar-refractivity contribution is 7.22. The van der Waals surface area contributed by atoms with Gasteiger partial charge in [-0.05, 0) is 31.2 Å². The minimum absolute atomic E-state index is 0.0163. The fourth-order valence-electron chi connectivity index (χ4n) is 5.79. The van der Waals surface area contributed by atoms with Gasteiger partial charge in [0.25, 0.3) is 0 Å². The molecule has 4 heterocycles. The average molecular weight is 599 g/mol. The molecule has 2 N–H and O–H groups in total. The predicted octanol–water partition coefficient (Wildman–Crippen LogP) is 3.01. The normalized spacial score (nSPS) is 19.2. The number of ether oxygens (including phenoxy) is 1. The van der Waals surface area contributed by atoms with Gasteiger partial charge in [0.2, 0.25) is 0 Å². The highest BCUT2D eigenvalue weighted by Crippen LogP contribution is 2.35. The lowest BCUT2D eigenvalue weighted by molar-refractivity contribution is -0.0650. The van der Waals surface area contributed by atoms with Crippen molar-refractivity contribution in [2.45, 2.75) is 25.1 Å². The number of thiazole rings is 1. The average Bonchev–Trinajstić information content (AvgIpc) is 3.67. The molecule has 2 fully saturated rings. The fraction of sp³-hybridized carbons (Fsp3) is 0.483. The molecule has 6 rings (SSSR count). The largest absolute Gasteiger partial charge is 0.384 e. The van der Waals surface area contributed by atoms with Crippen LogP contribution in [-0.4, -0.2) is 106 Å². The first-order valence-corrected chi connectivity index (χ1v) is 15.1. The molecule has 2 aliphatic rings. The summed E-state index contributed by atoms with van der Waals surface area (Å²) in [5.74, 6) is -1.47. The second-order valence-corrected chi connectivity index (χ2v) is 11.9. The van der Waals surface area contributed by atoms with Gasteiger partial charge >= 0.3 is 0 Å². The van der Waals surface area contributed by atoms with Crippen LogP contribution in [0.25, 0.3) is 10.2 Å². The molecule has 10 nitrogen and oxygen atoms in total. The molecule has 0 radical (unpaired) electrons. The molecule has 0 bridgehead atoms. The van der Waals surface area contributed by atoms with Crippen molar-refractivity contribution in [2.24, 2.45) is 0 Å². The summed E-state index contributed by atoms with van der Waals surface area (Å²) in [6.45, 7) is 10.0. The van der Waals surface area contributed by atoms with Gasteiger partial charge in [0.1, 0.15) is 29.9 Å². The van der Waals surface area contributed by atoms with Gasteiger partial charge in [0, 0.05) is 75.7 Å². The summed E-state index contributed by atoms with van der Waals surface area (Å²) in [5.41, 5.74) is 0.437. The second-order valence-electron chi connectivity index (χ2n) is 10.9. The highest BCUT2D eigenvalue weighted by atomic mass is 32.1. The lowest BCUT2D eigenvalue weighted by Gasteiger charge is -2.44. The summed E-state index contributed by atoms with van der Waals surface area (Å²) in [4.78, 5) is 15.7. The zero-order valence-corrected chi connectivity index (χ0v) is 24.4. The molecule has 2 aromatic heterocycles. The topological polar surface area (TPSA) is 94.8 Å². The van der Waals surface area contributed by atoms with Crippen molar-refractivity contribution in [1.29, 1.82) is 0 Å². The summed E-state index contributed by atoms with van der Waals surface area (Å²) in [6.07, 6.45) is 2.85. The van der Waals surface area contributed by atoms with Gasteiger partial charge in [-0.15, -0.1) is 0 Å². The Morgan fingerprint density at radius 2 is 1.88 bits per heavy atom. The molecule has 2 saturated heterocycles. The van der Waals surface area contributed by atoms with Crippen LogP contribution in [0.3, 0.4) is 0 Å². The van der Waals surface area contributed by atoms with Gasteiger partial charge in [0.05, 0.1) is 30.0 Å². The third-order valence-corrected chi connectivity index (χ3v) is 9.41. The number of morpholine rings is 1. The number of nitrogens with zero attached hydrogens (tertiary/aromatic N) is 7. The van der Waals surface area contributed by atoms with Crippen molar-refractivity contribution in [3.63, 3.8) is 0 Å². The van der Waals surface area contributed by atoms with E-state index in [-0.39, 0.29) is 12.1 Å². The number of aromatic nitrogens is 4. The molecule has 2 atom stereocenters. The molecule has 0 unspecified atom stereocenters. The van der Waals surface area contributed by atoms with Crippen LogP contribution in [0.5, 0.6) is 0 Å². The van der Waals surface area contributed by atoms with Crippen molar-refractivity contribution in [3.05, 3.63) is 66.3 Å². The van der Waals surface area contributed by atoms with Crippen molar-refractivity contribution in [3.8, 4) is 0 Å². The van der Waals surface area contributed by atoms with Crippen LogP contribution in [0, 0.1) is 11.6 Å². The molecular weight excluding hydrogens is 562 g/mol. The molecule has 4 aromatic rings. The number of anilines is 2. The van der Waals surface area contributed by atoms with Gasteiger partial charge in [-0.3, -0.25) is 9.80 Å². The first-order chi connectivity index (χ1) is 20.4. The SMILES string of the molecule is C[C@@H](N1CCN(c2nc3ccc(NCCN4CCOCC4)cc3s2)CC1)[C@](O)(Cn1cncn1)c1ccc(F)cc1F. The number of hydrogen-bond donors (Lipinski definition) is 2. The monoisotopic (exact) mass is 598 g/mol. The van der Waals surface area contributed by atoms with Crippen LogP contribution < -0.4 is 10.2 Å². The number of hydrogen-bond acceptors (Lipinski definition) is 10. The molecule has 42 heavy (non-hydrogen) atoms. The first-order valence-electron chi connectivity index (χ1n) is 14.3. The molecular formula is C29H36F2N8O2S. The zero-order valence-electron chi connectivity index (χ0n) is 23.6. The molecule has 0 aliphatic carbocycles. The molecule has 2 aliphatic heterocycles. The Bertz CT molecular complexity index is 1470. The molecule has 13 heteroatoms. The minimum atomic E-state index is -1.66. The predicted molar refractivity (Wildman–Crippen MR) is 159 cm³/mol. The minimum Gasteiger partial charge on any atom is -0.384 e. The second kappa shape index (κ2) is 12.6. The lowest BCUT2D eigenvalue weighted by atomic mass is 9.85. The molecule has 2 aromatic carbocycles. The number of halogens is 2.